The quantitative estimate of drug-likeness (QED) is 0.421. The Bertz CT molecular complexity index is 932. The molecule has 1 N–H and O–H groups in total. The molecule has 0 bridgehead atoms. The Balaban J connectivity index is 0.000000478. The fraction of sp³-hybridized carbons (Fsp3) is 0.643. The highest BCUT2D eigenvalue weighted by Gasteiger charge is 2.36. The maximum Gasteiger partial charge on any atom is 0.104 e. The highest BCUT2D eigenvalue weighted by atomic mass is 15.2. The van der Waals surface area contributed by atoms with E-state index >= 15 is 0 Å². The molecule has 1 spiro atoms. The minimum atomic E-state index is 0. The number of piperidine rings is 2. The Kier molecular flexibility index (Phi) is 13.4. The molecule has 6 nitrogen and oxygen atoms in total. The molecule has 0 amide bonds. The third-order valence-corrected chi connectivity index (χ3v) is 6.49. The average Bonchev–Trinajstić information content (AvgIpc) is 3.28. The summed E-state index contributed by atoms with van der Waals surface area (Å²) in [5.74, 6) is 0.977. The molecule has 4 heterocycles. The van der Waals surface area contributed by atoms with Crippen LogP contribution in [0.15, 0.2) is 30.6 Å². The van der Waals surface area contributed by atoms with Gasteiger partial charge in [-0.3, -0.25) is 4.68 Å². The molecule has 2 fully saturated rings. The SMILES string of the molecule is C.C.C.CN1CCC2(CCCN(C)C2)CC1.Cc1ccc2nc(C)[nH]c2c1.Cc1cnn(C)c1. The van der Waals surface area contributed by atoms with Crippen LogP contribution >= 0.6 is 0 Å². The Morgan fingerprint density at radius 2 is 1.53 bits per heavy atom. The summed E-state index contributed by atoms with van der Waals surface area (Å²) in [6, 6.07) is 6.21. The molecule has 2 aromatic heterocycles. The molecule has 0 atom stereocenters. The summed E-state index contributed by atoms with van der Waals surface area (Å²) in [6.07, 6.45) is 9.55. The Morgan fingerprint density at radius 1 is 0.853 bits per heavy atom. The normalized spacial score (nSPS) is 17.2. The maximum atomic E-state index is 4.30. The molecule has 5 rings (SSSR count). The van der Waals surface area contributed by atoms with Crippen molar-refractivity contribution in [2.45, 2.75) is 68.7 Å². The molecule has 34 heavy (non-hydrogen) atoms. The van der Waals surface area contributed by atoms with Crippen molar-refractivity contribution in [1.29, 1.82) is 0 Å². The third-order valence-electron chi connectivity index (χ3n) is 6.49. The van der Waals surface area contributed by atoms with Gasteiger partial charge in [0.2, 0.25) is 0 Å². The van der Waals surface area contributed by atoms with Crippen LogP contribution in [0.1, 0.15) is 64.9 Å². The zero-order chi connectivity index (χ0) is 22.4. The van der Waals surface area contributed by atoms with Gasteiger partial charge in [-0.25, -0.2) is 4.98 Å². The van der Waals surface area contributed by atoms with E-state index in [1.165, 1.54) is 63.0 Å². The number of benzene rings is 1. The molecule has 6 heteroatoms. The molecule has 194 valence electrons. The predicted octanol–water partition coefficient (Wildman–Crippen LogP) is 6.24. The summed E-state index contributed by atoms with van der Waals surface area (Å²) in [4.78, 5) is 12.5. The number of hydrogen-bond acceptors (Lipinski definition) is 4. The van der Waals surface area contributed by atoms with E-state index < -0.39 is 0 Å². The summed E-state index contributed by atoms with van der Waals surface area (Å²) < 4.78 is 1.79. The summed E-state index contributed by atoms with van der Waals surface area (Å²) in [7, 11) is 6.44. The van der Waals surface area contributed by atoms with Crippen LogP contribution in [0.3, 0.4) is 0 Å². The lowest BCUT2D eigenvalue weighted by Crippen LogP contribution is -2.47. The second kappa shape index (κ2) is 14.3. The number of nitrogens with zero attached hydrogens (tertiary/aromatic N) is 5. The lowest BCUT2D eigenvalue weighted by atomic mass is 9.73. The summed E-state index contributed by atoms with van der Waals surface area (Å²) >= 11 is 0. The third kappa shape index (κ3) is 9.22. The van der Waals surface area contributed by atoms with Crippen molar-refractivity contribution in [2.75, 3.05) is 40.3 Å². The number of aryl methyl sites for hydroxylation is 4. The van der Waals surface area contributed by atoms with Gasteiger partial charge in [0, 0.05) is 19.8 Å². The van der Waals surface area contributed by atoms with Crippen LogP contribution in [-0.2, 0) is 7.05 Å². The van der Waals surface area contributed by atoms with E-state index in [2.05, 4.69) is 58.0 Å². The fourth-order valence-electron chi connectivity index (χ4n) is 4.75. The minimum absolute atomic E-state index is 0. The second-order valence-corrected chi connectivity index (χ2v) is 9.68. The smallest absolute Gasteiger partial charge is 0.104 e. The van der Waals surface area contributed by atoms with Crippen LogP contribution in [0.25, 0.3) is 11.0 Å². The number of aromatic nitrogens is 4. The highest BCUT2D eigenvalue weighted by Crippen LogP contribution is 2.38. The van der Waals surface area contributed by atoms with E-state index in [0.717, 1.165) is 16.9 Å². The molecule has 2 aliphatic heterocycles. The molecule has 0 aliphatic carbocycles. The first kappa shape index (κ1) is 31.8. The zero-order valence-corrected chi connectivity index (χ0v) is 20.3. The number of nitrogens with one attached hydrogen (secondary N) is 1. The van der Waals surface area contributed by atoms with Crippen molar-refractivity contribution in [3.63, 3.8) is 0 Å². The largest absolute Gasteiger partial charge is 0.342 e. The van der Waals surface area contributed by atoms with Crippen molar-refractivity contribution < 1.29 is 0 Å². The molecular weight excluding hydrogens is 420 g/mol. The van der Waals surface area contributed by atoms with Crippen LogP contribution in [-0.4, -0.2) is 69.8 Å². The van der Waals surface area contributed by atoms with Gasteiger partial charge in [0.15, 0.2) is 0 Å². The van der Waals surface area contributed by atoms with E-state index in [9.17, 15) is 0 Å². The molecule has 0 saturated carbocycles. The number of imidazole rings is 1. The van der Waals surface area contributed by atoms with E-state index in [1.54, 1.807) is 4.68 Å². The van der Waals surface area contributed by atoms with Gasteiger partial charge in [-0.2, -0.15) is 5.10 Å². The first-order valence-corrected chi connectivity index (χ1v) is 11.5. The van der Waals surface area contributed by atoms with Gasteiger partial charge in [-0.1, -0.05) is 28.3 Å². The van der Waals surface area contributed by atoms with Gasteiger partial charge in [-0.05, 0) is 109 Å². The number of likely N-dealkylation sites (tertiary alicyclic amines) is 2. The van der Waals surface area contributed by atoms with Crippen LogP contribution in [0.4, 0.5) is 0 Å². The van der Waals surface area contributed by atoms with Crippen molar-refractivity contribution in [3.05, 3.63) is 47.5 Å². The Hall–Kier alpha value is -2.18. The average molecular weight is 473 g/mol. The van der Waals surface area contributed by atoms with Gasteiger partial charge in [0.25, 0.3) is 0 Å². The molecule has 1 aromatic carbocycles. The molecule has 0 unspecified atom stereocenters. The van der Waals surface area contributed by atoms with E-state index in [0.29, 0.717) is 5.41 Å². The number of aromatic amines is 1. The van der Waals surface area contributed by atoms with E-state index in [1.807, 2.05) is 39.4 Å². The van der Waals surface area contributed by atoms with E-state index in [4.69, 9.17) is 0 Å². The first-order valence-electron chi connectivity index (χ1n) is 11.5. The minimum Gasteiger partial charge on any atom is -0.342 e. The lowest BCUT2D eigenvalue weighted by molar-refractivity contribution is 0.0425. The first-order chi connectivity index (χ1) is 14.7. The number of H-pyrrole nitrogens is 1. The number of rotatable bonds is 0. The second-order valence-electron chi connectivity index (χ2n) is 9.68. The lowest BCUT2D eigenvalue weighted by Gasteiger charge is -2.46. The number of fused-ring (bicyclic) bond motifs is 1. The van der Waals surface area contributed by atoms with Crippen LogP contribution in [0.5, 0.6) is 0 Å². The molecule has 3 aromatic rings. The monoisotopic (exact) mass is 472 g/mol. The van der Waals surface area contributed by atoms with Gasteiger partial charge in [0.1, 0.15) is 5.82 Å². The van der Waals surface area contributed by atoms with Gasteiger partial charge in [0.05, 0.1) is 17.2 Å². The van der Waals surface area contributed by atoms with Gasteiger partial charge in [-0.15, -0.1) is 0 Å². The Morgan fingerprint density at radius 3 is 2.06 bits per heavy atom. The topological polar surface area (TPSA) is 53.0 Å². The van der Waals surface area contributed by atoms with Gasteiger partial charge < -0.3 is 14.8 Å². The maximum absolute atomic E-state index is 4.30. The predicted molar refractivity (Wildman–Crippen MR) is 150 cm³/mol. The number of hydrogen-bond donors (Lipinski definition) is 1. The molecule has 0 radical (unpaired) electrons. The van der Waals surface area contributed by atoms with Crippen molar-refractivity contribution in [2.24, 2.45) is 12.5 Å². The fourth-order valence-corrected chi connectivity index (χ4v) is 4.75. The zero-order valence-electron chi connectivity index (χ0n) is 20.3. The van der Waals surface area contributed by atoms with Crippen molar-refractivity contribution >= 4 is 11.0 Å². The Labute approximate surface area is 209 Å². The summed E-state index contributed by atoms with van der Waals surface area (Å²) in [6.45, 7) is 11.4. The molecular formula is C28H52N6. The van der Waals surface area contributed by atoms with Crippen molar-refractivity contribution in [1.82, 2.24) is 29.5 Å². The van der Waals surface area contributed by atoms with Crippen molar-refractivity contribution in [3.8, 4) is 0 Å². The van der Waals surface area contributed by atoms with E-state index in [-0.39, 0.29) is 22.3 Å². The highest BCUT2D eigenvalue weighted by molar-refractivity contribution is 5.75. The molecule has 2 aliphatic rings. The van der Waals surface area contributed by atoms with Crippen LogP contribution in [0, 0.1) is 26.2 Å². The van der Waals surface area contributed by atoms with Gasteiger partial charge >= 0.3 is 0 Å². The van der Waals surface area contributed by atoms with Crippen LogP contribution < -0.4 is 0 Å². The van der Waals surface area contributed by atoms with Crippen LogP contribution in [0.2, 0.25) is 0 Å². The molecule has 2 saturated heterocycles. The standard InChI is InChI=1S/C11H22N2.C9H10N2.C5H8N2.3CH4/c1-12-8-5-11(6-9-12)4-3-7-13(2)10-11;1-6-3-4-8-9(5-6)11-7(2)10-8;1-5-3-6-7(2)4-5;;;/h3-10H2,1-2H3;3-5H,1-2H3,(H,10,11);3-4H,1-2H3;3*1H4. The summed E-state index contributed by atoms with van der Waals surface area (Å²) in [5.41, 5.74) is 5.35. The summed E-state index contributed by atoms with van der Waals surface area (Å²) in [5, 5.41) is 3.93.